The third-order valence-electron chi connectivity index (χ3n) is 4.01. The van der Waals surface area contributed by atoms with Gasteiger partial charge in [-0.1, -0.05) is 42.5 Å². The van der Waals surface area contributed by atoms with E-state index < -0.39 is 0 Å². The minimum atomic E-state index is -0.229. The summed E-state index contributed by atoms with van der Waals surface area (Å²) >= 11 is 0. The van der Waals surface area contributed by atoms with Gasteiger partial charge in [-0.15, -0.1) is 0 Å². The van der Waals surface area contributed by atoms with Crippen molar-refractivity contribution in [2.45, 2.75) is 6.54 Å². The van der Waals surface area contributed by atoms with E-state index in [1.807, 2.05) is 36.4 Å². The summed E-state index contributed by atoms with van der Waals surface area (Å²) in [5.41, 5.74) is 8.58. The summed E-state index contributed by atoms with van der Waals surface area (Å²) < 4.78 is 0. The van der Waals surface area contributed by atoms with Gasteiger partial charge in [-0.3, -0.25) is 9.59 Å². The van der Waals surface area contributed by atoms with E-state index in [-0.39, 0.29) is 11.7 Å². The van der Waals surface area contributed by atoms with Crippen LogP contribution in [0.5, 0.6) is 0 Å². The molecule has 0 unspecified atom stereocenters. The molecule has 3 aromatic rings. The number of para-hydroxylation sites is 1. The number of hydrogen-bond acceptors (Lipinski definition) is 3. The molecular formula is C19H19N3O2. The molecule has 0 atom stereocenters. The number of nitrogens with zero attached hydrogens (tertiary/aromatic N) is 1. The number of H-pyrrole nitrogens is 1. The average molecular weight is 321 g/mol. The molecule has 0 radical (unpaired) electrons. The zero-order chi connectivity index (χ0) is 17.3. The molecule has 1 amide bonds. The Morgan fingerprint density at radius 1 is 1.04 bits per heavy atom. The Balaban J connectivity index is 2.17. The molecule has 5 nitrogen and oxygen atoms in total. The molecule has 24 heavy (non-hydrogen) atoms. The Hall–Kier alpha value is -2.92. The molecule has 1 aromatic heterocycles. The van der Waals surface area contributed by atoms with Gasteiger partial charge in [0.25, 0.3) is 5.91 Å². The number of aromatic amines is 1. The summed E-state index contributed by atoms with van der Waals surface area (Å²) in [6.45, 7) is 0.423. The molecule has 5 heteroatoms. The van der Waals surface area contributed by atoms with Gasteiger partial charge in [0.05, 0.1) is 5.56 Å². The fourth-order valence-electron chi connectivity index (χ4n) is 2.70. The standard InChI is InChI=1S/C19H19N3O2/c1-22(2)19(24)17-16(14-5-3-4-6-15(14)21-17)18(23)13-9-7-12(11-20)8-10-13/h3-10,21H,11,20H2,1-2H3. The largest absolute Gasteiger partial charge is 0.350 e. The molecule has 0 fully saturated rings. The number of carbonyl (C=O) groups is 2. The lowest BCUT2D eigenvalue weighted by Gasteiger charge is -2.10. The van der Waals surface area contributed by atoms with Gasteiger partial charge in [0.15, 0.2) is 5.78 Å². The van der Waals surface area contributed by atoms with Crippen LogP contribution in [0, 0.1) is 0 Å². The number of hydrogen-bond donors (Lipinski definition) is 2. The highest BCUT2D eigenvalue weighted by Crippen LogP contribution is 2.26. The maximum atomic E-state index is 13.0. The summed E-state index contributed by atoms with van der Waals surface area (Å²) in [5, 5.41) is 0.746. The Kier molecular flexibility index (Phi) is 4.18. The molecule has 122 valence electrons. The Morgan fingerprint density at radius 3 is 2.33 bits per heavy atom. The minimum absolute atomic E-state index is 0.179. The Morgan fingerprint density at radius 2 is 1.71 bits per heavy atom. The lowest BCUT2D eigenvalue weighted by Crippen LogP contribution is -2.24. The van der Waals surface area contributed by atoms with Gasteiger partial charge in [-0.2, -0.15) is 0 Å². The first kappa shape index (κ1) is 16.0. The fourth-order valence-corrected chi connectivity index (χ4v) is 2.70. The van der Waals surface area contributed by atoms with Crippen LogP contribution in [-0.2, 0) is 6.54 Å². The molecule has 2 aromatic carbocycles. The van der Waals surface area contributed by atoms with E-state index in [0.717, 1.165) is 16.5 Å². The molecule has 0 aliphatic rings. The second kappa shape index (κ2) is 6.29. The number of ketones is 1. The Bertz CT molecular complexity index is 908. The molecule has 3 rings (SSSR count). The number of benzene rings is 2. The van der Waals surface area contributed by atoms with Gasteiger partial charge in [-0.05, 0) is 11.6 Å². The molecule has 1 heterocycles. The van der Waals surface area contributed by atoms with Crippen LogP contribution >= 0.6 is 0 Å². The summed E-state index contributed by atoms with van der Waals surface area (Å²) in [5.74, 6) is -0.408. The molecule has 0 aliphatic heterocycles. The topological polar surface area (TPSA) is 79.2 Å². The van der Waals surface area contributed by atoms with Crippen LogP contribution in [0.15, 0.2) is 48.5 Å². The van der Waals surface area contributed by atoms with Crippen LogP contribution in [0.4, 0.5) is 0 Å². The van der Waals surface area contributed by atoms with Crippen molar-refractivity contribution in [1.82, 2.24) is 9.88 Å². The van der Waals surface area contributed by atoms with Crippen molar-refractivity contribution in [3.8, 4) is 0 Å². The SMILES string of the molecule is CN(C)C(=O)c1[nH]c2ccccc2c1C(=O)c1ccc(CN)cc1. The first-order valence-corrected chi connectivity index (χ1v) is 7.69. The number of amides is 1. The lowest BCUT2D eigenvalue weighted by atomic mass is 9.99. The highest BCUT2D eigenvalue weighted by Gasteiger charge is 2.24. The van der Waals surface area contributed by atoms with Crippen LogP contribution in [0.3, 0.4) is 0 Å². The number of fused-ring (bicyclic) bond motifs is 1. The van der Waals surface area contributed by atoms with E-state index in [9.17, 15) is 9.59 Å². The normalized spacial score (nSPS) is 10.8. The third-order valence-corrected chi connectivity index (χ3v) is 4.01. The smallest absolute Gasteiger partial charge is 0.270 e. The molecule has 3 N–H and O–H groups in total. The van der Waals surface area contributed by atoms with Gasteiger partial charge in [-0.25, -0.2) is 0 Å². The van der Waals surface area contributed by atoms with Crippen LogP contribution < -0.4 is 5.73 Å². The van der Waals surface area contributed by atoms with E-state index in [1.165, 1.54) is 4.90 Å². The summed E-state index contributed by atoms with van der Waals surface area (Å²) in [6.07, 6.45) is 0. The Labute approximate surface area is 140 Å². The second-order valence-electron chi connectivity index (χ2n) is 5.85. The number of rotatable bonds is 4. The summed E-state index contributed by atoms with van der Waals surface area (Å²) in [6, 6.07) is 14.6. The van der Waals surface area contributed by atoms with Gasteiger partial charge >= 0.3 is 0 Å². The number of nitrogens with two attached hydrogens (primary N) is 1. The quantitative estimate of drug-likeness (QED) is 0.725. The minimum Gasteiger partial charge on any atom is -0.350 e. The average Bonchev–Trinajstić information content (AvgIpc) is 2.99. The molecule has 0 bridgehead atoms. The van der Waals surface area contributed by atoms with Crippen molar-refractivity contribution in [3.63, 3.8) is 0 Å². The highest BCUT2D eigenvalue weighted by atomic mass is 16.2. The summed E-state index contributed by atoms with van der Waals surface area (Å²) in [4.78, 5) is 30.1. The van der Waals surface area contributed by atoms with Crippen molar-refractivity contribution in [2.75, 3.05) is 14.1 Å². The van der Waals surface area contributed by atoms with Crippen LogP contribution in [0.1, 0.15) is 32.0 Å². The van der Waals surface area contributed by atoms with Crippen molar-refractivity contribution >= 4 is 22.6 Å². The van der Waals surface area contributed by atoms with Gasteiger partial charge < -0.3 is 15.6 Å². The van der Waals surface area contributed by atoms with E-state index in [2.05, 4.69) is 4.98 Å². The predicted octanol–water partition coefficient (Wildman–Crippen LogP) is 2.56. The van der Waals surface area contributed by atoms with Crippen molar-refractivity contribution in [1.29, 1.82) is 0 Å². The first-order chi connectivity index (χ1) is 11.5. The molecule has 0 aliphatic carbocycles. The van der Waals surface area contributed by atoms with Gasteiger partial charge in [0.1, 0.15) is 5.69 Å². The summed E-state index contributed by atoms with van der Waals surface area (Å²) in [7, 11) is 3.33. The van der Waals surface area contributed by atoms with Crippen molar-refractivity contribution < 1.29 is 9.59 Å². The number of nitrogens with one attached hydrogen (secondary N) is 1. The monoisotopic (exact) mass is 321 g/mol. The lowest BCUT2D eigenvalue weighted by molar-refractivity contribution is 0.0817. The zero-order valence-electron chi connectivity index (χ0n) is 13.7. The van der Waals surface area contributed by atoms with Crippen molar-refractivity contribution in [2.24, 2.45) is 5.73 Å². The maximum absolute atomic E-state index is 13.0. The van der Waals surface area contributed by atoms with Gasteiger partial charge in [0.2, 0.25) is 0 Å². The fraction of sp³-hybridized carbons (Fsp3) is 0.158. The molecular weight excluding hydrogens is 302 g/mol. The molecule has 0 spiro atoms. The van der Waals surface area contributed by atoms with Crippen LogP contribution in [0.25, 0.3) is 10.9 Å². The second-order valence-corrected chi connectivity index (χ2v) is 5.85. The predicted molar refractivity (Wildman–Crippen MR) is 94.1 cm³/mol. The van der Waals surface area contributed by atoms with Crippen molar-refractivity contribution in [3.05, 3.63) is 70.9 Å². The van der Waals surface area contributed by atoms with E-state index in [4.69, 9.17) is 5.73 Å². The third kappa shape index (κ3) is 2.70. The van der Waals surface area contributed by atoms with Crippen LogP contribution in [0.2, 0.25) is 0 Å². The molecule has 0 saturated carbocycles. The number of carbonyl (C=O) groups excluding carboxylic acids is 2. The van der Waals surface area contributed by atoms with Gasteiger partial charge in [0, 0.05) is 37.1 Å². The van der Waals surface area contributed by atoms with E-state index >= 15 is 0 Å². The van der Waals surface area contributed by atoms with E-state index in [1.54, 1.807) is 26.2 Å². The zero-order valence-corrected chi connectivity index (χ0v) is 13.7. The van der Waals surface area contributed by atoms with E-state index in [0.29, 0.717) is 23.4 Å². The maximum Gasteiger partial charge on any atom is 0.270 e. The van der Waals surface area contributed by atoms with Crippen LogP contribution in [-0.4, -0.2) is 35.7 Å². The molecule has 0 saturated heterocycles. The number of aromatic nitrogens is 1. The highest BCUT2D eigenvalue weighted by molar-refractivity contribution is 6.21. The first-order valence-electron chi connectivity index (χ1n) is 7.69.